The summed E-state index contributed by atoms with van der Waals surface area (Å²) in [6, 6.07) is 7.06. The van der Waals surface area contributed by atoms with Gasteiger partial charge in [0.1, 0.15) is 0 Å². The first-order chi connectivity index (χ1) is 8.60. The van der Waals surface area contributed by atoms with E-state index in [1.54, 1.807) is 31.2 Å². The van der Waals surface area contributed by atoms with Gasteiger partial charge in [-0.25, -0.2) is 5.01 Å². The Balaban J connectivity index is 2.13. The Hall–Kier alpha value is -2.17. The molecule has 0 radical (unpaired) electrons. The fourth-order valence-electron chi connectivity index (χ4n) is 1.69. The van der Waals surface area contributed by atoms with Gasteiger partial charge < -0.3 is 5.32 Å². The first-order valence-corrected chi connectivity index (χ1v) is 5.87. The van der Waals surface area contributed by atoms with E-state index in [-0.39, 0.29) is 11.8 Å². The van der Waals surface area contributed by atoms with Crippen molar-refractivity contribution in [2.45, 2.75) is 26.7 Å². The highest BCUT2D eigenvalue weighted by Gasteiger charge is 2.22. The molecule has 2 rings (SSSR count). The summed E-state index contributed by atoms with van der Waals surface area (Å²) in [5, 5.41) is 8.30. The minimum absolute atomic E-state index is 0.0298. The van der Waals surface area contributed by atoms with E-state index in [9.17, 15) is 9.59 Å². The Morgan fingerprint density at radius 3 is 2.56 bits per heavy atom. The molecular formula is C13H15N3O2. The SMILES string of the molecule is CCC(=O)Nc1ccc(N2N=C(C)CC2=O)cc1. The summed E-state index contributed by atoms with van der Waals surface area (Å²) >= 11 is 0. The zero-order valence-electron chi connectivity index (χ0n) is 10.4. The fourth-order valence-corrected chi connectivity index (χ4v) is 1.69. The zero-order chi connectivity index (χ0) is 13.1. The third-order valence-corrected chi connectivity index (χ3v) is 2.63. The van der Waals surface area contributed by atoms with Crippen LogP contribution in [0.1, 0.15) is 26.7 Å². The standard InChI is InChI=1S/C13H15N3O2/c1-3-12(17)14-10-4-6-11(7-5-10)16-13(18)8-9(2)15-16/h4-7H,3,8H2,1-2H3,(H,14,17). The highest BCUT2D eigenvalue weighted by molar-refractivity contribution is 6.12. The van der Waals surface area contributed by atoms with Crippen LogP contribution in [0.2, 0.25) is 0 Å². The summed E-state index contributed by atoms with van der Waals surface area (Å²) in [5.41, 5.74) is 2.24. The van der Waals surface area contributed by atoms with Crippen LogP contribution >= 0.6 is 0 Å². The summed E-state index contributed by atoms with van der Waals surface area (Å²) in [5.74, 6) is -0.0632. The van der Waals surface area contributed by atoms with Gasteiger partial charge in [0.15, 0.2) is 0 Å². The van der Waals surface area contributed by atoms with E-state index in [4.69, 9.17) is 0 Å². The lowest BCUT2D eigenvalue weighted by Crippen LogP contribution is -2.19. The van der Waals surface area contributed by atoms with Crippen LogP contribution in [0.15, 0.2) is 29.4 Å². The number of hydrogen-bond donors (Lipinski definition) is 1. The molecule has 0 bridgehead atoms. The van der Waals surface area contributed by atoms with Crippen LogP contribution in [-0.4, -0.2) is 17.5 Å². The minimum Gasteiger partial charge on any atom is -0.326 e. The van der Waals surface area contributed by atoms with Gasteiger partial charge in [0, 0.05) is 17.8 Å². The van der Waals surface area contributed by atoms with Gasteiger partial charge in [-0.2, -0.15) is 5.10 Å². The first kappa shape index (κ1) is 12.3. The second-order valence-electron chi connectivity index (χ2n) is 4.17. The summed E-state index contributed by atoms with van der Waals surface area (Å²) in [6.45, 7) is 3.62. The lowest BCUT2D eigenvalue weighted by Gasteiger charge is -2.12. The second kappa shape index (κ2) is 5.00. The number of nitrogens with zero attached hydrogens (tertiary/aromatic N) is 2. The van der Waals surface area contributed by atoms with Gasteiger partial charge in [-0.05, 0) is 31.2 Å². The Kier molecular flexibility index (Phi) is 3.41. The highest BCUT2D eigenvalue weighted by Crippen LogP contribution is 2.22. The Bertz CT molecular complexity index is 505. The monoisotopic (exact) mass is 245 g/mol. The lowest BCUT2D eigenvalue weighted by molar-refractivity contribution is -0.117. The molecule has 1 aliphatic rings. The molecule has 0 unspecified atom stereocenters. The van der Waals surface area contributed by atoms with Crippen LogP contribution in [0.25, 0.3) is 0 Å². The molecule has 1 aliphatic heterocycles. The normalized spacial score (nSPS) is 14.7. The molecule has 1 aromatic carbocycles. The van der Waals surface area contributed by atoms with E-state index in [0.29, 0.717) is 18.5 Å². The number of hydrazone groups is 1. The van der Waals surface area contributed by atoms with E-state index in [0.717, 1.165) is 11.4 Å². The van der Waals surface area contributed by atoms with E-state index < -0.39 is 0 Å². The third kappa shape index (κ3) is 2.56. The van der Waals surface area contributed by atoms with Crippen molar-refractivity contribution in [1.82, 2.24) is 0 Å². The molecule has 0 fully saturated rings. The molecule has 18 heavy (non-hydrogen) atoms. The molecule has 0 saturated heterocycles. The van der Waals surface area contributed by atoms with Crippen LogP contribution in [0, 0.1) is 0 Å². The predicted molar refractivity (Wildman–Crippen MR) is 70.6 cm³/mol. The lowest BCUT2D eigenvalue weighted by atomic mass is 10.2. The molecule has 0 spiro atoms. The number of hydrogen-bond acceptors (Lipinski definition) is 3. The van der Waals surface area contributed by atoms with Gasteiger partial charge in [-0.1, -0.05) is 6.92 Å². The predicted octanol–water partition coefficient (Wildman–Crippen LogP) is 2.15. The van der Waals surface area contributed by atoms with Crippen molar-refractivity contribution in [2.24, 2.45) is 5.10 Å². The molecule has 0 saturated carbocycles. The van der Waals surface area contributed by atoms with E-state index >= 15 is 0 Å². The molecule has 1 aromatic rings. The van der Waals surface area contributed by atoms with Crippen molar-refractivity contribution < 1.29 is 9.59 Å². The average molecular weight is 245 g/mol. The Labute approximate surface area is 105 Å². The molecule has 0 aromatic heterocycles. The number of benzene rings is 1. The van der Waals surface area contributed by atoms with Gasteiger partial charge in [0.25, 0.3) is 5.91 Å². The molecule has 5 heteroatoms. The summed E-state index contributed by atoms with van der Waals surface area (Å²) in [6.07, 6.45) is 0.810. The van der Waals surface area contributed by atoms with Crippen molar-refractivity contribution in [3.8, 4) is 0 Å². The van der Waals surface area contributed by atoms with Crippen LogP contribution in [0.4, 0.5) is 11.4 Å². The summed E-state index contributed by atoms with van der Waals surface area (Å²) in [7, 11) is 0. The zero-order valence-corrected chi connectivity index (χ0v) is 10.4. The molecule has 5 nitrogen and oxygen atoms in total. The molecule has 2 amide bonds. The Morgan fingerprint density at radius 2 is 2.06 bits per heavy atom. The van der Waals surface area contributed by atoms with Crippen LogP contribution in [0.3, 0.4) is 0 Å². The summed E-state index contributed by atoms with van der Waals surface area (Å²) < 4.78 is 0. The van der Waals surface area contributed by atoms with Crippen molar-refractivity contribution in [3.63, 3.8) is 0 Å². The van der Waals surface area contributed by atoms with Crippen LogP contribution < -0.4 is 10.3 Å². The molecule has 94 valence electrons. The maximum absolute atomic E-state index is 11.6. The van der Waals surface area contributed by atoms with Crippen molar-refractivity contribution in [3.05, 3.63) is 24.3 Å². The van der Waals surface area contributed by atoms with E-state index in [1.165, 1.54) is 5.01 Å². The van der Waals surface area contributed by atoms with Crippen molar-refractivity contribution >= 4 is 28.9 Å². The number of anilines is 2. The topological polar surface area (TPSA) is 61.8 Å². The largest absolute Gasteiger partial charge is 0.326 e. The fraction of sp³-hybridized carbons (Fsp3) is 0.308. The van der Waals surface area contributed by atoms with Crippen molar-refractivity contribution in [1.29, 1.82) is 0 Å². The average Bonchev–Trinajstić information content (AvgIpc) is 2.69. The van der Waals surface area contributed by atoms with E-state index in [2.05, 4.69) is 10.4 Å². The number of amides is 2. The second-order valence-corrected chi connectivity index (χ2v) is 4.17. The maximum atomic E-state index is 11.6. The van der Waals surface area contributed by atoms with Gasteiger partial charge in [0.2, 0.25) is 5.91 Å². The summed E-state index contributed by atoms with van der Waals surface area (Å²) in [4.78, 5) is 22.9. The quantitative estimate of drug-likeness (QED) is 0.886. The number of rotatable bonds is 3. The van der Waals surface area contributed by atoms with Crippen LogP contribution in [-0.2, 0) is 9.59 Å². The van der Waals surface area contributed by atoms with Gasteiger partial charge in [-0.3, -0.25) is 9.59 Å². The van der Waals surface area contributed by atoms with Gasteiger partial charge in [0.05, 0.1) is 12.1 Å². The number of nitrogens with one attached hydrogen (secondary N) is 1. The highest BCUT2D eigenvalue weighted by atomic mass is 16.2. The maximum Gasteiger partial charge on any atom is 0.253 e. The molecular weight excluding hydrogens is 230 g/mol. The molecule has 1 N–H and O–H groups in total. The van der Waals surface area contributed by atoms with Gasteiger partial charge >= 0.3 is 0 Å². The third-order valence-electron chi connectivity index (χ3n) is 2.63. The number of carbonyl (C=O) groups excluding carboxylic acids is 2. The minimum atomic E-state index is -0.0335. The van der Waals surface area contributed by atoms with E-state index in [1.807, 2.05) is 6.92 Å². The first-order valence-electron chi connectivity index (χ1n) is 5.87. The molecule has 1 heterocycles. The molecule has 0 atom stereocenters. The van der Waals surface area contributed by atoms with Crippen LogP contribution in [0.5, 0.6) is 0 Å². The number of carbonyl (C=O) groups is 2. The van der Waals surface area contributed by atoms with Crippen molar-refractivity contribution in [2.75, 3.05) is 10.3 Å². The molecule has 0 aliphatic carbocycles. The smallest absolute Gasteiger partial charge is 0.253 e. The Morgan fingerprint density at radius 1 is 1.39 bits per heavy atom. The van der Waals surface area contributed by atoms with Gasteiger partial charge in [-0.15, -0.1) is 0 Å².